The number of anilines is 1. The number of nitrogens with zero attached hydrogens (tertiary/aromatic N) is 2. The molecule has 6 nitrogen and oxygen atoms in total. The molecule has 0 saturated carbocycles. The van der Waals surface area contributed by atoms with Crippen LogP contribution in [0.25, 0.3) is 22.5 Å². The van der Waals surface area contributed by atoms with Crippen LogP contribution in [0.3, 0.4) is 0 Å². The second-order valence-corrected chi connectivity index (χ2v) is 6.07. The van der Waals surface area contributed by atoms with Crippen LogP contribution in [-0.2, 0) is 0 Å². The number of aromatic amines is 1. The van der Waals surface area contributed by atoms with E-state index >= 15 is 0 Å². The Bertz CT molecular complexity index is 1120. The highest BCUT2D eigenvalue weighted by Crippen LogP contribution is 2.31. The van der Waals surface area contributed by atoms with Gasteiger partial charge in [0.25, 0.3) is 5.91 Å². The number of aromatic hydroxyl groups is 1. The fraction of sp³-hybridized carbons (Fsp3) is 0. The van der Waals surface area contributed by atoms with Crippen molar-refractivity contribution in [1.29, 1.82) is 0 Å². The van der Waals surface area contributed by atoms with E-state index in [9.17, 15) is 14.3 Å². The predicted molar refractivity (Wildman–Crippen MR) is 103 cm³/mol. The van der Waals surface area contributed by atoms with Crippen molar-refractivity contribution >= 4 is 11.6 Å². The maximum atomic E-state index is 13.4. The zero-order valence-electron chi connectivity index (χ0n) is 14.6. The molecule has 4 aromatic rings. The van der Waals surface area contributed by atoms with Gasteiger partial charge in [-0.25, -0.2) is 4.39 Å². The highest BCUT2D eigenvalue weighted by molar-refractivity contribution is 6.02. The fourth-order valence-electron chi connectivity index (χ4n) is 2.75. The first-order chi connectivity index (χ1) is 13.6. The summed E-state index contributed by atoms with van der Waals surface area (Å²) in [5.74, 6) is -0.795. The highest BCUT2D eigenvalue weighted by atomic mass is 19.1. The van der Waals surface area contributed by atoms with Gasteiger partial charge < -0.3 is 10.4 Å². The van der Waals surface area contributed by atoms with Gasteiger partial charge in [-0.05, 0) is 54.1 Å². The number of H-pyrrole nitrogens is 1. The maximum absolute atomic E-state index is 13.4. The third-order valence-electron chi connectivity index (χ3n) is 4.16. The van der Waals surface area contributed by atoms with Crippen LogP contribution in [0.15, 0.2) is 72.9 Å². The van der Waals surface area contributed by atoms with Crippen molar-refractivity contribution in [2.24, 2.45) is 0 Å². The summed E-state index contributed by atoms with van der Waals surface area (Å²) in [6.07, 6.45) is 1.56. The highest BCUT2D eigenvalue weighted by Gasteiger charge is 2.11. The molecule has 0 atom stereocenters. The van der Waals surface area contributed by atoms with Crippen LogP contribution in [0.1, 0.15) is 10.5 Å². The molecule has 3 N–H and O–H groups in total. The molecule has 0 unspecified atom stereocenters. The minimum Gasteiger partial charge on any atom is -0.507 e. The number of amides is 1. The van der Waals surface area contributed by atoms with E-state index in [1.807, 2.05) is 12.1 Å². The summed E-state index contributed by atoms with van der Waals surface area (Å²) in [7, 11) is 0. The summed E-state index contributed by atoms with van der Waals surface area (Å²) < 4.78 is 13.4. The van der Waals surface area contributed by atoms with E-state index in [4.69, 9.17) is 0 Å². The van der Waals surface area contributed by atoms with Crippen LogP contribution in [0.4, 0.5) is 10.1 Å². The molecule has 28 heavy (non-hydrogen) atoms. The van der Waals surface area contributed by atoms with Crippen molar-refractivity contribution in [2.75, 3.05) is 5.32 Å². The number of rotatable bonds is 4. The van der Waals surface area contributed by atoms with E-state index in [1.54, 1.807) is 42.6 Å². The number of aromatic nitrogens is 3. The Kier molecular flexibility index (Phi) is 4.55. The molecule has 2 aromatic heterocycles. The van der Waals surface area contributed by atoms with E-state index in [0.717, 1.165) is 5.56 Å². The Labute approximate surface area is 159 Å². The van der Waals surface area contributed by atoms with Crippen molar-refractivity contribution in [1.82, 2.24) is 15.2 Å². The SMILES string of the molecule is O=C(Nc1ccc(-c2cc(-c3cc(F)ccc3O)n[nH]2)cc1)c1ccccn1. The zero-order chi connectivity index (χ0) is 19.5. The average molecular weight is 374 g/mol. The summed E-state index contributed by atoms with van der Waals surface area (Å²) in [5, 5.41) is 19.7. The molecule has 0 aliphatic heterocycles. The van der Waals surface area contributed by atoms with E-state index in [1.165, 1.54) is 18.2 Å². The van der Waals surface area contributed by atoms with Crippen LogP contribution in [0.2, 0.25) is 0 Å². The molecule has 0 spiro atoms. The van der Waals surface area contributed by atoms with Crippen LogP contribution in [0, 0.1) is 5.82 Å². The van der Waals surface area contributed by atoms with Crippen molar-refractivity contribution in [2.45, 2.75) is 0 Å². The lowest BCUT2D eigenvalue weighted by atomic mass is 10.1. The minimum absolute atomic E-state index is 0.0490. The number of pyridine rings is 1. The molecule has 0 bridgehead atoms. The fourth-order valence-corrected chi connectivity index (χ4v) is 2.75. The normalized spacial score (nSPS) is 10.6. The van der Waals surface area contributed by atoms with Gasteiger partial charge in [0.05, 0.1) is 11.4 Å². The quantitative estimate of drug-likeness (QED) is 0.498. The first-order valence-electron chi connectivity index (χ1n) is 8.47. The van der Waals surface area contributed by atoms with Gasteiger partial charge in [0.15, 0.2) is 0 Å². The number of halogens is 1. The Morgan fingerprint density at radius 3 is 2.61 bits per heavy atom. The largest absolute Gasteiger partial charge is 0.507 e. The van der Waals surface area contributed by atoms with Crippen molar-refractivity contribution < 1.29 is 14.3 Å². The van der Waals surface area contributed by atoms with Crippen LogP contribution in [-0.4, -0.2) is 26.2 Å². The Morgan fingerprint density at radius 1 is 1.04 bits per heavy atom. The number of phenolic OH excluding ortho intramolecular Hbond substituents is 1. The van der Waals surface area contributed by atoms with Crippen LogP contribution < -0.4 is 5.32 Å². The topological polar surface area (TPSA) is 90.9 Å². The smallest absolute Gasteiger partial charge is 0.274 e. The molecule has 2 heterocycles. The minimum atomic E-state index is -0.453. The van der Waals surface area contributed by atoms with Gasteiger partial charge in [0.2, 0.25) is 0 Å². The average Bonchev–Trinajstić information content (AvgIpc) is 3.21. The second kappa shape index (κ2) is 7.32. The van der Waals surface area contributed by atoms with Gasteiger partial charge in [0.1, 0.15) is 17.3 Å². The number of carbonyl (C=O) groups is 1. The lowest BCUT2D eigenvalue weighted by Crippen LogP contribution is -2.13. The van der Waals surface area contributed by atoms with Gasteiger partial charge in [-0.2, -0.15) is 5.10 Å². The number of hydrogen-bond donors (Lipinski definition) is 3. The molecule has 0 saturated heterocycles. The van der Waals surface area contributed by atoms with E-state index in [0.29, 0.717) is 28.3 Å². The number of nitrogens with one attached hydrogen (secondary N) is 2. The van der Waals surface area contributed by atoms with E-state index in [-0.39, 0.29) is 11.7 Å². The monoisotopic (exact) mass is 374 g/mol. The number of carbonyl (C=O) groups excluding carboxylic acids is 1. The first-order valence-corrected chi connectivity index (χ1v) is 8.47. The first kappa shape index (κ1) is 17.4. The molecule has 0 aliphatic carbocycles. The van der Waals surface area contributed by atoms with Crippen molar-refractivity contribution in [3.05, 3.63) is 84.4 Å². The zero-order valence-corrected chi connectivity index (χ0v) is 14.6. The molecular formula is C21H15FN4O2. The lowest BCUT2D eigenvalue weighted by molar-refractivity contribution is 0.102. The molecular weight excluding hydrogens is 359 g/mol. The van der Waals surface area contributed by atoms with Crippen molar-refractivity contribution in [3.8, 4) is 28.3 Å². The van der Waals surface area contributed by atoms with E-state index < -0.39 is 5.82 Å². The molecule has 0 aliphatic rings. The van der Waals surface area contributed by atoms with Crippen LogP contribution >= 0.6 is 0 Å². The Morgan fingerprint density at radius 2 is 1.86 bits per heavy atom. The molecule has 2 aromatic carbocycles. The lowest BCUT2D eigenvalue weighted by Gasteiger charge is -2.05. The van der Waals surface area contributed by atoms with Gasteiger partial charge >= 0.3 is 0 Å². The Balaban J connectivity index is 1.52. The summed E-state index contributed by atoms with van der Waals surface area (Å²) in [6.45, 7) is 0. The third-order valence-corrected chi connectivity index (χ3v) is 4.16. The van der Waals surface area contributed by atoms with E-state index in [2.05, 4.69) is 20.5 Å². The van der Waals surface area contributed by atoms with Gasteiger partial charge in [-0.1, -0.05) is 18.2 Å². The number of hydrogen-bond acceptors (Lipinski definition) is 4. The van der Waals surface area contributed by atoms with Gasteiger partial charge in [-0.3, -0.25) is 14.9 Å². The Hall–Kier alpha value is -4.00. The number of phenols is 1. The van der Waals surface area contributed by atoms with Crippen LogP contribution in [0.5, 0.6) is 5.75 Å². The van der Waals surface area contributed by atoms with Gasteiger partial charge in [0, 0.05) is 17.4 Å². The van der Waals surface area contributed by atoms with Gasteiger partial charge in [-0.15, -0.1) is 0 Å². The molecule has 4 rings (SSSR count). The molecule has 0 fully saturated rings. The third kappa shape index (κ3) is 3.59. The molecule has 0 radical (unpaired) electrons. The second-order valence-electron chi connectivity index (χ2n) is 6.07. The molecule has 138 valence electrons. The summed E-state index contributed by atoms with van der Waals surface area (Å²) >= 11 is 0. The predicted octanol–water partition coefficient (Wildman–Crippen LogP) is 4.24. The summed E-state index contributed by atoms with van der Waals surface area (Å²) in [4.78, 5) is 16.2. The number of benzene rings is 2. The summed E-state index contributed by atoms with van der Waals surface area (Å²) in [6, 6.07) is 17.7. The maximum Gasteiger partial charge on any atom is 0.274 e. The summed E-state index contributed by atoms with van der Waals surface area (Å²) in [5.41, 5.74) is 3.22. The molecule has 7 heteroatoms. The standard InChI is InChI=1S/C21H15FN4O2/c22-14-6-9-20(27)16(11-14)19-12-18(25-26-19)13-4-7-15(8-5-13)24-21(28)17-3-1-2-10-23-17/h1-12,27H,(H,24,28)(H,25,26). The molecule has 1 amide bonds. The van der Waals surface area contributed by atoms with Crippen molar-refractivity contribution in [3.63, 3.8) is 0 Å².